The minimum atomic E-state index is -0.575. The summed E-state index contributed by atoms with van der Waals surface area (Å²) in [5.41, 5.74) is 6.51. The lowest BCUT2D eigenvalue weighted by atomic mass is 10.0. The summed E-state index contributed by atoms with van der Waals surface area (Å²) in [5.74, 6) is -0.153. The van der Waals surface area contributed by atoms with Crippen molar-refractivity contribution in [1.82, 2.24) is 4.90 Å². The van der Waals surface area contributed by atoms with E-state index in [9.17, 15) is 9.59 Å². The highest BCUT2D eigenvalue weighted by Gasteiger charge is 2.36. The summed E-state index contributed by atoms with van der Waals surface area (Å²) in [6, 6.07) is 12.1. The molecule has 0 unspecified atom stereocenters. The van der Waals surface area contributed by atoms with Gasteiger partial charge in [0.2, 0.25) is 5.91 Å². The number of carbonyl (C=O) groups is 2. The molecule has 1 saturated heterocycles. The lowest BCUT2D eigenvalue weighted by molar-refractivity contribution is -0.120. The molecule has 1 N–H and O–H groups in total. The molecule has 29 heavy (non-hydrogen) atoms. The summed E-state index contributed by atoms with van der Waals surface area (Å²) in [6.45, 7) is 8.15. The molecule has 2 amide bonds. The summed E-state index contributed by atoms with van der Waals surface area (Å²) >= 11 is 0. The van der Waals surface area contributed by atoms with E-state index in [-0.39, 0.29) is 5.91 Å². The van der Waals surface area contributed by atoms with Crippen molar-refractivity contribution >= 4 is 17.7 Å². The molecule has 5 nitrogen and oxygen atoms in total. The minimum absolute atomic E-state index is 0.153. The smallest absolute Gasteiger partial charge is 0.410 e. The lowest BCUT2D eigenvalue weighted by Gasteiger charge is -2.28. The molecule has 0 saturated carbocycles. The number of nitrogens with zero attached hydrogens (tertiary/aromatic N) is 1. The Morgan fingerprint density at radius 2 is 1.76 bits per heavy atom. The van der Waals surface area contributed by atoms with Crippen LogP contribution in [0.3, 0.4) is 0 Å². The number of rotatable bonds is 2. The summed E-state index contributed by atoms with van der Waals surface area (Å²) < 4.78 is 5.47. The van der Waals surface area contributed by atoms with Crippen LogP contribution in [0.4, 0.5) is 10.5 Å². The number of fused-ring (bicyclic) bond motifs is 3. The van der Waals surface area contributed by atoms with E-state index in [0.717, 1.165) is 18.5 Å². The normalized spacial score (nSPS) is 17.7. The highest BCUT2D eigenvalue weighted by atomic mass is 16.6. The fourth-order valence-corrected chi connectivity index (χ4v) is 4.22. The molecule has 0 bridgehead atoms. The van der Waals surface area contributed by atoms with Crippen molar-refractivity contribution in [3.8, 4) is 11.1 Å². The van der Waals surface area contributed by atoms with Crippen LogP contribution in [0.15, 0.2) is 36.4 Å². The van der Waals surface area contributed by atoms with E-state index in [0.29, 0.717) is 13.0 Å². The van der Waals surface area contributed by atoms with Crippen molar-refractivity contribution in [3.05, 3.63) is 53.1 Å². The molecule has 4 rings (SSSR count). The molecule has 0 aromatic heterocycles. The average molecular weight is 392 g/mol. The molecule has 152 valence electrons. The highest BCUT2D eigenvalue weighted by Crippen LogP contribution is 2.38. The molecular formula is C24H28N2O3. The average Bonchev–Trinajstić information content (AvgIpc) is 3.24. The maximum absolute atomic E-state index is 12.9. The molecule has 5 heteroatoms. The van der Waals surface area contributed by atoms with Gasteiger partial charge in [-0.05, 0) is 81.3 Å². The topological polar surface area (TPSA) is 58.6 Å². The third kappa shape index (κ3) is 4.00. The number of aryl methyl sites for hydroxylation is 1. The van der Waals surface area contributed by atoms with Crippen LogP contribution in [-0.2, 0) is 16.0 Å². The Morgan fingerprint density at radius 1 is 1.07 bits per heavy atom. The van der Waals surface area contributed by atoms with Gasteiger partial charge in [0.25, 0.3) is 0 Å². The third-order valence-corrected chi connectivity index (χ3v) is 5.49. The van der Waals surface area contributed by atoms with Crippen LogP contribution < -0.4 is 5.32 Å². The maximum Gasteiger partial charge on any atom is 0.410 e. The molecule has 0 spiro atoms. The molecule has 1 aliphatic carbocycles. The zero-order valence-corrected chi connectivity index (χ0v) is 17.5. The fraction of sp³-hybridized carbons (Fsp3) is 0.417. The van der Waals surface area contributed by atoms with Crippen molar-refractivity contribution in [2.45, 2.75) is 58.6 Å². The van der Waals surface area contributed by atoms with E-state index in [2.05, 4.69) is 42.6 Å². The molecule has 1 atom stereocenters. The largest absolute Gasteiger partial charge is 0.444 e. The van der Waals surface area contributed by atoms with Crippen LogP contribution >= 0.6 is 0 Å². The monoisotopic (exact) mass is 392 g/mol. The Morgan fingerprint density at radius 3 is 2.48 bits per heavy atom. The van der Waals surface area contributed by atoms with Crippen molar-refractivity contribution in [3.63, 3.8) is 0 Å². The Bertz CT molecular complexity index is 975. The second kappa shape index (κ2) is 7.21. The molecule has 1 fully saturated rings. The first kappa shape index (κ1) is 19.5. The molecule has 1 aliphatic heterocycles. The Kier molecular flexibility index (Phi) is 4.85. The third-order valence-electron chi connectivity index (χ3n) is 5.49. The number of anilines is 1. The Hall–Kier alpha value is -2.82. The van der Waals surface area contributed by atoms with Gasteiger partial charge in [-0.3, -0.25) is 9.69 Å². The predicted octanol–water partition coefficient (Wildman–Crippen LogP) is 4.90. The van der Waals surface area contributed by atoms with E-state index in [4.69, 9.17) is 4.74 Å². The van der Waals surface area contributed by atoms with Crippen molar-refractivity contribution in [2.24, 2.45) is 0 Å². The number of likely N-dealkylation sites (tertiary alicyclic amines) is 1. The summed E-state index contributed by atoms with van der Waals surface area (Å²) in [7, 11) is 0. The molecule has 2 aliphatic rings. The first-order valence-corrected chi connectivity index (χ1v) is 10.2. The minimum Gasteiger partial charge on any atom is -0.444 e. The Balaban J connectivity index is 1.47. The van der Waals surface area contributed by atoms with Gasteiger partial charge in [-0.15, -0.1) is 0 Å². The zero-order valence-electron chi connectivity index (χ0n) is 17.5. The number of nitrogens with one attached hydrogen (secondary N) is 1. The number of hydrogen-bond acceptors (Lipinski definition) is 3. The summed E-state index contributed by atoms with van der Waals surface area (Å²) in [5, 5.41) is 3.01. The van der Waals surface area contributed by atoms with Gasteiger partial charge in [-0.1, -0.05) is 29.8 Å². The van der Waals surface area contributed by atoms with E-state index in [1.807, 2.05) is 26.8 Å². The predicted molar refractivity (Wildman–Crippen MR) is 114 cm³/mol. The lowest BCUT2D eigenvalue weighted by Crippen LogP contribution is -2.45. The van der Waals surface area contributed by atoms with Crippen LogP contribution in [0, 0.1) is 6.92 Å². The van der Waals surface area contributed by atoms with E-state index < -0.39 is 17.7 Å². The van der Waals surface area contributed by atoms with Gasteiger partial charge >= 0.3 is 6.09 Å². The van der Waals surface area contributed by atoms with E-state index in [1.165, 1.54) is 27.8 Å². The summed E-state index contributed by atoms with van der Waals surface area (Å²) in [6.07, 6.45) is 1.91. The van der Waals surface area contributed by atoms with Gasteiger partial charge in [-0.25, -0.2) is 4.79 Å². The van der Waals surface area contributed by atoms with Gasteiger partial charge in [-0.2, -0.15) is 0 Å². The van der Waals surface area contributed by atoms with Gasteiger partial charge < -0.3 is 10.1 Å². The molecule has 0 radical (unpaired) electrons. The number of ether oxygens (including phenoxy) is 1. The molecule has 2 aromatic carbocycles. The van der Waals surface area contributed by atoms with Crippen LogP contribution in [0.1, 0.15) is 50.3 Å². The second-order valence-electron chi connectivity index (χ2n) is 9.03. The van der Waals surface area contributed by atoms with Gasteiger partial charge in [0.05, 0.1) is 0 Å². The SMILES string of the molecule is Cc1ccc2c(c1)Cc1cc(NC(=O)[C@@H]3CCCN3C(=O)OC(C)(C)C)ccc1-2. The highest BCUT2D eigenvalue weighted by molar-refractivity contribution is 5.97. The molecular weight excluding hydrogens is 364 g/mol. The van der Waals surface area contributed by atoms with Crippen LogP contribution in [0.2, 0.25) is 0 Å². The number of carbonyl (C=O) groups excluding carboxylic acids is 2. The Labute approximate surface area is 172 Å². The van der Waals surface area contributed by atoms with Crippen LogP contribution in [-0.4, -0.2) is 35.1 Å². The van der Waals surface area contributed by atoms with Crippen LogP contribution in [0.5, 0.6) is 0 Å². The first-order chi connectivity index (χ1) is 13.7. The van der Waals surface area contributed by atoms with Gasteiger partial charge in [0.1, 0.15) is 11.6 Å². The fourth-order valence-electron chi connectivity index (χ4n) is 4.22. The number of benzene rings is 2. The number of hydrogen-bond donors (Lipinski definition) is 1. The quantitative estimate of drug-likeness (QED) is 0.674. The van der Waals surface area contributed by atoms with Crippen molar-refractivity contribution < 1.29 is 14.3 Å². The van der Waals surface area contributed by atoms with Crippen molar-refractivity contribution in [2.75, 3.05) is 11.9 Å². The van der Waals surface area contributed by atoms with Gasteiger partial charge in [0, 0.05) is 12.2 Å². The standard InChI is InChI=1S/C24H28N2O3/c1-15-7-9-19-16(12-15)13-17-14-18(8-10-20(17)19)25-22(27)21-6-5-11-26(21)23(28)29-24(2,3)4/h7-10,12,14,21H,5-6,11,13H2,1-4H3,(H,25,27)/t21-/m0/s1. The molecule has 1 heterocycles. The van der Waals surface area contributed by atoms with E-state index >= 15 is 0 Å². The van der Waals surface area contributed by atoms with E-state index in [1.54, 1.807) is 4.90 Å². The van der Waals surface area contributed by atoms with Crippen molar-refractivity contribution in [1.29, 1.82) is 0 Å². The summed E-state index contributed by atoms with van der Waals surface area (Å²) in [4.78, 5) is 26.9. The second-order valence-corrected chi connectivity index (χ2v) is 9.03. The number of amides is 2. The first-order valence-electron chi connectivity index (χ1n) is 10.2. The zero-order chi connectivity index (χ0) is 20.8. The maximum atomic E-state index is 12.9. The molecule has 2 aromatic rings. The van der Waals surface area contributed by atoms with Gasteiger partial charge in [0.15, 0.2) is 0 Å². The van der Waals surface area contributed by atoms with Crippen LogP contribution in [0.25, 0.3) is 11.1 Å².